The molecule has 256 valence electrons. The minimum absolute atomic E-state index is 0. The average molecular weight is 1120 g/mol. The molecule has 0 aliphatic heterocycles. The molecule has 0 heterocycles. The van der Waals surface area contributed by atoms with E-state index < -0.39 is 59.2 Å². The molecule has 0 nitrogen and oxygen atoms in total. The van der Waals surface area contributed by atoms with Gasteiger partial charge in [-0.3, -0.25) is 0 Å². The topological polar surface area (TPSA) is 0 Å². The van der Waals surface area contributed by atoms with Gasteiger partial charge in [-0.15, -0.1) is 0 Å². The number of allylic oxidation sites excluding steroid dienone is 16. The van der Waals surface area contributed by atoms with Crippen molar-refractivity contribution in [2.75, 3.05) is 0 Å². The third kappa shape index (κ3) is 11.2. The van der Waals surface area contributed by atoms with Crippen molar-refractivity contribution in [2.24, 2.45) is 21.7 Å². The van der Waals surface area contributed by atoms with Gasteiger partial charge in [0.05, 0.1) is 0 Å². The molecule has 4 aliphatic rings. The molecule has 0 bridgehead atoms. The normalized spacial score (nSPS) is 18.3. The van der Waals surface area contributed by atoms with Crippen LogP contribution in [-0.2, 0) is 37.9 Å². The van der Waals surface area contributed by atoms with Crippen molar-refractivity contribution in [3.63, 3.8) is 0 Å². The van der Waals surface area contributed by atoms with Gasteiger partial charge < -0.3 is 24.8 Å². The molecule has 46 heavy (non-hydrogen) atoms. The van der Waals surface area contributed by atoms with Crippen molar-refractivity contribution in [1.29, 1.82) is 0 Å². The predicted octanol–water partition coefficient (Wildman–Crippen LogP) is 6.22. The summed E-state index contributed by atoms with van der Waals surface area (Å²) in [6.45, 7) is 28.8. The summed E-state index contributed by atoms with van der Waals surface area (Å²) in [7, 11) is -2.21. The van der Waals surface area contributed by atoms with Gasteiger partial charge in [-0.25, -0.2) is 0 Å². The Kier molecular flexibility index (Phi) is 17.4. The fourth-order valence-corrected chi connectivity index (χ4v) is 103. The van der Waals surface area contributed by atoms with Crippen LogP contribution in [0, 0.1) is 21.7 Å². The Morgan fingerprint density at radius 3 is 0.696 bits per heavy atom. The van der Waals surface area contributed by atoms with Gasteiger partial charge in [0.25, 0.3) is 0 Å². The van der Waals surface area contributed by atoms with Gasteiger partial charge in [0, 0.05) is 0 Å². The van der Waals surface area contributed by atoms with Crippen LogP contribution in [0.15, 0.2) is 84.2 Å². The Morgan fingerprint density at radius 1 is 0.391 bits per heavy atom. The fourth-order valence-electron chi connectivity index (χ4n) is 7.61. The first-order valence-corrected chi connectivity index (χ1v) is 58.3. The largest absolute Gasteiger partial charge is 1.00 e. The third-order valence-electron chi connectivity index (χ3n) is 9.41. The first-order valence-electron chi connectivity index (χ1n) is 17.4. The second-order valence-corrected chi connectivity index (χ2v) is 105. The van der Waals surface area contributed by atoms with Crippen molar-refractivity contribution in [1.82, 2.24) is 0 Å². The first-order chi connectivity index (χ1) is 20.1. The Morgan fingerprint density at radius 2 is 0.565 bits per heavy atom. The van der Waals surface area contributed by atoms with E-state index in [0.717, 1.165) is 0 Å². The summed E-state index contributed by atoms with van der Waals surface area (Å²) in [6.07, 6.45) is 24.8. The molecule has 0 saturated heterocycles. The molecular formula is C40H66Cl2Ge2Hf2. The van der Waals surface area contributed by atoms with Crippen LogP contribution in [0.25, 0.3) is 0 Å². The third-order valence-corrected chi connectivity index (χ3v) is 97.5. The van der Waals surface area contributed by atoms with Crippen molar-refractivity contribution >= 4 is 21.3 Å². The van der Waals surface area contributed by atoms with Gasteiger partial charge in [0.15, 0.2) is 0 Å². The Labute approximate surface area is 317 Å². The van der Waals surface area contributed by atoms with E-state index in [0.29, 0.717) is 21.7 Å². The molecule has 0 radical (unpaired) electrons. The second-order valence-electron chi connectivity index (χ2n) is 18.1. The summed E-state index contributed by atoms with van der Waals surface area (Å²) in [6, 6.07) is 0. The van der Waals surface area contributed by atoms with Crippen LogP contribution in [0.1, 0.15) is 109 Å². The first kappa shape index (κ1) is 45.3. The summed E-state index contributed by atoms with van der Waals surface area (Å²) in [5.41, 5.74) is 8.13. The van der Waals surface area contributed by atoms with E-state index in [9.17, 15) is 0 Å². The monoisotopic (exact) mass is 1120 g/mol. The second kappa shape index (κ2) is 17.7. The zero-order chi connectivity index (χ0) is 33.4. The Hall–Kier alpha value is 1.33. The van der Waals surface area contributed by atoms with Crippen LogP contribution >= 0.6 is 0 Å². The molecule has 0 saturated carbocycles. The van der Waals surface area contributed by atoms with Gasteiger partial charge in [-0.05, 0) is 0 Å². The maximum absolute atomic E-state index is 2.67. The van der Waals surface area contributed by atoms with Crippen LogP contribution in [0.3, 0.4) is 0 Å². The summed E-state index contributed by atoms with van der Waals surface area (Å²) >= 11 is -3.61. The molecule has 6 heteroatoms. The van der Waals surface area contributed by atoms with Crippen LogP contribution in [0.4, 0.5) is 0 Å². The maximum atomic E-state index is 2.67. The van der Waals surface area contributed by atoms with Crippen molar-refractivity contribution < 1.29 is 62.7 Å². The van der Waals surface area contributed by atoms with Crippen LogP contribution < -0.4 is 24.8 Å². The number of hydrogen-bond acceptors (Lipinski definition) is 0. The van der Waals surface area contributed by atoms with Gasteiger partial charge in [-0.2, -0.15) is 0 Å². The van der Waals surface area contributed by atoms with E-state index in [1.807, 2.05) is 13.3 Å². The quantitative estimate of drug-likeness (QED) is 0.278. The molecule has 0 N–H and O–H groups in total. The standard InChI is InChI=1S/4C9H13.2C2H7Ge.2ClH.2Hf/c4*1-9(2,3)8-6-4-5-7-8;2*1-3-2;;;;/h4*4,6H,5H2,1-3H3;2*3H,1-2H3;2*1H;;/q;;;;;;;;2*+1/p-2. The van der Waals surface area contributed by atoms with E-state index in [2.05, 4.69) is 155 Å². The summed E-state index contributed by atoms with van der Waals surface area (Å²) in [4.78, 5) is 0. The molecule has 4 aliphatic carbocycles. The molecule has 0 spiro atoms. The molecule has 4 rings (SSSR count). The van der Waals surface area contributed by atoms with E-state index in [1.54, 1.807) is 22.3 Å². The molecule has 0 unspecified atom stereocenters. The summed E-state index contributed by atoms with van der Waals surface area (Å²) in [5.74, 6) is 10.7. The van der Waals surface area contributed by atoms with E-state index in [-0.39, 0.29) is 24.8 Å². The van der Waals surface area contributed by atoms with Crippen molar-refractivity contribution in [2.45, 2.75) is 132 Å². The van der Waals surface area contributed by atoms with E-state index in [1.165, 1.54) is 25.7 Å². The molecule has 0 aromatic carbocycles. The van der Waals surface area contributed by atoms with Gasteiger partial charge in [-0.1, -0.05) is 0 Å². The molecular weight excluding hydrogens is 1050 g/mol. The van der Waals surface area contributed by atoms with Crippen LogP contribution in [0.5, 0.6) is 0 Å². The maximum Gasteiger partial charge on any atom is -1.00 e. The zero-order valence-electron chi connectivity index (χ0n) is 32.4. The van der Waals surface area contributed by atoms with E-state index >= 15 is 0 Å². The van der Waals surface area contributed by atoms with Gasteiger partial charge in [0.2, 0.25) is 0 Å². The molecule has 0 atom stereocenters. The predicted molar refractivity (Wildman–Crippen MR) is 199 cm³/mol. The average Bonchev–Trinajstić information content (AvgIpc) is 3.64. The molecule has 0 aromatic heterocycles. The molecule has 0 amide bonds. The molecule has 0 fully saturated rings. The minimum atomic E-state index is -1.80. The molecule has 0 aromatic rings. The number of rotatable bonds is 6. The van der Waals surface area contributed by atoms with Crippen LogP contribution in [-0.4, -0.2) is 21.3 Å². The fraction of sp³-hybridized carbons (Fsp3) is 0.600. The Bertz CT molecular complexity index is 1140. The van der Waals surface area contributed by atoms with Crippen molar-refractivity contribution in [3.8, 4) is 0 Å². The van der Waals surface area contributed by atoms with Gasteiger partial charge >= 0.3 is 297 Å². The number of hydrogen-bond donors (Lipinski definition) is 0. The van der Waals surface area contributed by atoms with E-state index in [4.69, 9.17) is 0 Å². The SMILES string of the molecule is [CH3][GeH]([CH3])[Hf+]([C]1=C(C(C)(C)C)C=CC1)[C]1=C(C(C)(C)C)C=CC1.[CH3][GeH]([CH3])[Hf+]([C]1=C(C(C)(C)C)C=CC1)[C]1=C(C(C)(C)C)C=CC1.[Cl-].[Cl-]. The van der Waals surface area contributed by atoms with Crippen LogP contribution in [0.2, 0.25) is 23.0 Å². The Balaban J connectivity index is 0.000000441. The number of halogens is 2. The smallest absolute Gasteiger partial charge is 1.00 e. The summed E-state index contributed by atoms with van der Waals surface area (Å²) < 4.78 is 7.86. The summed E-state index contributed by atoms with van der Waals surface area (Å²) in [5, 5.41) is 0. The van der Waals surface area contributed by atoms with Crippen molar-refractivity contribution in [3.05, 3.63) is 84.2 Å². The van der Waals surface area contributed by atoms with Gasteiger partial charge in [0.1, 0.15) is 0 Å². The zero-order valence-corrected chi connectivity index (χ0v) is 45.9. The minimum Gasteiger partial charge on any atom is -1.00 e.